The SMILES string of the molecule is CN(CC1CC1)c1cc(CN)ccn1. The Kier molecular flexibility index (Phi) is 2.68. The van der Waals surface area contributed by atoms with E-state index in [1.165, 1.54) is 12.8 Å². The molecule has 1 heterocycles. The van der Waals surface area contributed by atoms with Gasteiger partial charge in [-0.3, -0.25) is 0 Å². The monoisotopic (exact) mass is 191 g/mol. The van der Waals surface area contributed by atoms with Gasteiger partial charge in [0.05, 0.1) is 0 Å². The van der Waals surface area contributed by atoms with Gasteiger partial charge in [-0.2, -0.15) is 0 Å². The van der Waals surface area contributed by atoms with Crippen LogP contribution in [0.3, 0.4) is 0 Å². The summed E-state index contributed by atoms with van der Waals surface area (Å²) in [5.74, 6) is 1.93. The van der Waals surface area contributed by atoms with Crippen LogP contribution in [0.15, 0.2) is 18.3 Å². The molecule has 2 rings (SSSR count). The summed E-state index contributed by atoms with van der Waals surface area (Å²) in [6, 6.07) is 4.04. The molecule has 0 radical (unpaired) electrons. The summed E-state index contributed by atoms with van der Waals surface area (Å²) in [6.07, 6.45) is 4.59. The van der Waals surface area contributed by atoms with Crippen LogP contribution >= 0.6 is 0 Å². The van der Waals surface area contributed by atoms with E-state index in [1.807, 2.05) is 12.3 Å². The molecule has 0 bridgehead atoms. The van der Waals surface area contributed by atoms with Crippen LogP contribution in [-0.4, -0.2) is 18.6 Å². The van der Waals surface area contributed by atoms with Crippen molar-refractivity contribution in [2.45, 2.75) is 19.4 Å². The summed E-state index contributed by atoms with van der Waals surface area (Å²) in [7, 11) is 2.10. The number of nitrogens with two attached hydrogens (primary N) is 1. The van der Waals surface area contributed by atoms with Crippen LogP contribution in [-0.2, 0) is 6.54 Å². The van der Waals surface area contributed by atoms with Crippen molar-refractivity contribution < 1.29 is 0 Å². The first-order valence-electron chi connectivity index (χ1n) is 5.15. The predicted molar refractivity (Wildman–Crippen MR) is 58.1 cm³/mol. The van der Waals surface area contributed by atoms with E-state index in [0.717, 1.165) is 23.8 Å². The quantitative estimate of drug-likeness (QED) is 0.782. The van der Waals surface area contributed by atoms with Gasteiger partial charge in [-0.25, -0.2) is 4.98 Å². The third kappa shape index (κ3) is 2.23. The molecule has 0 spiro atoms. The molecule has 3 heteroatoms. The fourth-order valence-corrected chi connectivity index (χ4v) is 1.58. The van der Waals surface area contributed by atoms with Crippen molar-refractivity contribution in [3.63, 3.8) is 0 Å². The van der Waals surface area contributed by atoms with Gasteiger partial charge in [-0.15, -0.1) is 0 Å². The van der Waals surface area contributed by atoms with Crippen LogP contribution in [0.4, 0.5) is 5.82 Å². The van der Waals surface area contributed by atoms with Gasteiger partial charge in [-0.05, 0) is 36.5 Å². The van der Waals surface area contributed by atoms with Crippen LogP contribution in [0.25, 0.3) is 0 Å². The summed E-state index contributed by atoms with van der Waals surface area (Å²) in [5.41, 5.74) is 6.74. The highest BCUT2D eigenvalue weighted by molar-refractivity contribution is 5.40. The number of hydrogen-bond donors (Lipinski definition) is 1. The molecule has 1 aliphatic carbocycles. The second kappa shape index (κ2) is 3.96. The fourth-order valence-electron chi connectivity index (χ4n) is 1.58. The highest BCUT2D eigenvalue weighted by Gasteiger charge is 2.23. The molecule has 1 saturated carbocycles. The van der Waals surface area contributed by atoms with Gasteiger partial charge in [0.2, 0.25) is 0 Å². The number of aromatic nitrogens is 1. The molecule has 0 aromatic carbocycles. The van der Waals surface area contributed by atoms with Crippen LogP contribution in [0.2, 0.25) is 0 Å². The van der Waals surface area contributed by atoms with Crippen LogP contribution in [0.5, 0.6) is 0 Å². The Morgan fingerprint density at radius 3 is 3.00 bits per heavy atom. The van der Waals surface area contributed by atoms with Gasteiger partial charge in [0.1, 0.15) is 5.82 Å². The molecule has 0 atom stereocenters. The van der Waals surface area contributed by atoms with E-state index < -0.39 is 0 Å². The first kappa shape index (κ1) is 9.46. The average molecular weight is 191 g/mol. The maximum Gasteiger partial charge on any atom is 0.128 e. The van der Waals surface area contributed by atoms with E-state index >= 15 is 0 Å². The van der Waals surface area contributed by atoms with Crippen molar-refractivity contribution in [1.82, 2.24) is 4.98 Å². The second-order valence-corrected chi connectivity index (χ2v) is 4.05. The molecule has 1 aliphatic rings. The summed E-state index contributed by atoms with van der Waals surface area (Å²) < 4.78 is 0. The van der Waals surface area contributed by atoms with Crippen LogP contribution < -0.4 is 10.6 Å². The summed E-state index contributed by atoms with van der Waals surface area (Å²) >= 11 is 0. The summed E-state index contributed by atoms with van der Waals surface area (Å²) in [4.78, 5) is 6.56. The zero-order valence-corrected chi connectivity index (χ0v) is 8.61. The van der Waals surface area contributed by atoms with Crippen molar-refractivity contribution in [2.75, 3.05) is 18.5 Å². The minimum atomic E-state index is 0.590. The molecule has 14 heavy (non-hydrogen) atoms. The Morgan fingerprint density at radius 1 is 1.57 bits per heavy atom. The van der Waals surface area contributed by atoms with Gasteiger partial charge in [0, 0.05) is 26.3 Å². The summed E-state index contributed by atoms with van der Waals surface area (Å²) in [5, 5.41) is 0. The minimum Gasteiger partial charge on any atom is -0.359 e. The number of hydrogen-bond acceptors (Lipinski definition) is 3. The molecule has 1 fully saturated rings. The molecule has 1 aromatic rings. The van der Waals surface area contributed by atoms with Gasteiger partial charge in [0.15, 0.2) is 0 Å². The molecular formula is C11H17N3. The van der Waals surface area contributed by atoms with Crippen molar-refractivity contribution in [3.05, 3.63) is 23.9 Å². The molecule has 0 saturated heterocycles. The first-order valence-corrected chi connectivity index (χ1v) is 5.15. The second-order valence-electron chi connectivity index (χ2n) is 4.05. The number of pyridine rings is 1. The van der Waals surface area contributed by atoms with E-state index in [-0.39, 0.29) is 0 Å². The van der Waals surface area contributed by atoms with E-state index in [9.17, 15) is 0 Å². The van der Waals surface area contributed by atoms with Gasteiger partial charge < -0.3 is 10.6 Å². The topological polar surface area (TPSA) is 42.1 Å². The zero-order chi connectivity index (χ0) is 9.97. The Labute approximate surface area is 84.9 Å². The lowest BCUT2D eigenvalue weighted by Gasteiger charge is -2.18. The third-order valence-electron chi connectivity index (χ3n) is 2.67. The maximum absolute atomic E-state index is 5.59. The van der Waals surface area contributed by atoms with Crippen LogP contribution in [0.1, 0.15) is 18.4 Å². The van der Waals surface area contributed by atoms with Gasteiger partial charge >= 0.3 is 0 Å². The zero-order valence-electron chi connectivity index (χ0n) is 8.61. The number of nitrogens with zero attached hydrogens (tertiary/aromatic N) is 2. The molecule has 3 nitrogen and oxygen atoms in total. The summed E-state index contributed by atoms with van der Waals surface area (Å²) in [6.45, 7) is 1.72. The molecule has 0 aliphatic heterocycles. The van der Waals surface area contributed by atoms with Crippen molar-refractivity contribution >= 4 is 5.82 Å². The molecule has 76 valence electrons. The smallest absolute Gasteiger partial charge is 0.128 e. The van der Waals surface area contributed by atoms with Crippen molar-refractivity contribution in [3.8, 4) is 0 Å². The lowest BCUT2D eigenvalue weighted by atomic mass is 10.2. The molecular weight excluding hydrogens is 174 g/mol. The standard InChI is InChI=1S/C11H17N3/c1-14(8-9-2-3-9)11-6-10(7-12)4-5-13-11/h4-6,9H,2-3,7-8,12H2,1H3. The van der Waals surface area contributed by atoms with Gasteiger partial charge in [-0.1, -0.05) is 0 Å². The first-order chi connectivity index (χ1) is 6.79. The number of rotatable bonds is 4. The van der Waals surface area contributed by atoms with Crippen LogP contribution in [0, 0.1) is 5.92 Å². The Bertz CT molecular complexity index is 307. The van der Waals surface area contributed by atoms with Crippen molar-refractivity contribution in [1.29, 1.82) is 0 Å². The fraction of sp³-hybridized carbons (Fsp3) is 0.545. The van der Waals surface area contributed by atoms with Gasteiger partial charge in [0.25, 0.3) is 0 Å². The number of anilines is 1. The highest BCUT2D eigenvalue weighted by atomic mass is 15.2. The van der Waals surface area contributed by atoms with E-state index in [4.69, 9.17) is 5.73 Å². The lowest BCUT2D eigenvalue weighted by molar-refractivity contribution is 0.776. The lowest BCUT2D eigenvalue weighted by Crippen LogP contribution is -2.21. The molecule has 2 N–H and O–H groups in total. The Morgan fingerprint density at radius 2 is 2.36 bits per heavy atom. The Balaban J connectivity index is 2.05. The maximum atomic E-state index is 5.59. The molecule has 0 amide bonds. The van der Waals surface area contributed by atoms with E-state index in [1.54, 1.807) is 0 Å². The largest absolute Gasteiger partial charge is 0.359 e. The third-order valence-corrected chi connectivity index (χ3v) is 2.67. The van der Waals surface area contributed by atoms with E-state index in [2.05, 4.69) is 23.0 Å². The average Bonchev–Trinajstić information content (AvgIpc) is 3.02. The minimum absolute atomic E-state index is 0.590. The molecule has 0 unspecified atom stereocenters. The Hall–Kier alpha value is -1.09. The normalized spacial score (nSPS) is 15.6. The van der Waals surface area contributed by atoms with E-state index in [0.29, 0.717) is 6.54 Å². The van der Waals surface area contributed by atoms with Crippen molar-refractivity contribution in [2.24, 2.45) is 11.7 Å². The predicted octanol–water partition coefficient (Wildman–Crippen LogP) is 1.39. The highest BCUT2D eigenvalue weighted by Crippen LogP contribution is 2.30. The molecule has 1 aromatic heterocycles.